The summed E-state index contributed by atoms with van der Waals surface area (Å²) in [7, 11) is 0. The molecule has 40 heavy (non-hydrogen) atoms. The van der Waals surface area contributed by atoms with Crippen LogP contribution in [0.25, 0.3) is 11.4 Å². The van der Waals surface area contributed by atoms with Crippen molar-refractivity contribution >= 4 is 41.8 Å². The van der Waals surface area contributed by atoms with E-state index < -0.39 is 12.0 Å². The largest absolute Gasteiger partial charge is 0.480 e. The van der Waals surface area contributed by atoms with Crippen molar-refractivity contribution in [3.63, 3.8) is 0 Å². The van der Waals surface area contributed by atoms with Crippen LogP contribution in [0.15, 0.2) is 90.6 Å². The van der Waals surface area contributed by atoms with Gasteiger partial charge in [-0.25, -0.2) is 4.79 Å². The van der Waals surface area contributed by atoms with Gasteiger partial charge in [0.2, 0.25) is 5.82 Å². The lowest BCUT2D eigenvalue weighted by molar-refractivity contribution is -0.610. The van der Waals surface area contributed by atoms with Gasteiger partial charge in [-0.2, -0.15) is 4.57 Å². The topological polar surface area (TPSA) is 111 Å². The number of aliphatic carboxylic acids is 1. The Kier molecular flexibility index (Phi) is 7.70. The van der Waals surface area contributed by atoms with Crippen LogP contribution < -0.4 is 14.8 Å². The molecule has 0 bridgehead atoms. The third-order valence-electron chi connectivity index (χ3n) is 6.87. The molecule has 0 saturated heterocycles. The maximum atomic E-state index is 13.3. The third-order valence-corrected chi connectivity index (χ3v) is 7.14. The predicted octanol–water partition coefficient (Wildman–Crippen LogP) is 4.90. The SMILES string of the molecule is Cc1n(-c2ccccc2)[nH]c(=S)[n+]1-c1cccc(NC(=O)c2cccc(N3C=C(CC=O)CCC3C(=O)O)c2)c1. The van der Waals surface area contributed by atoms with Crippen molar-refractivity contribution in [1.29, 1.82) is 0 Å². The first-order valence-corrected chi connectivity index (χ1v) is 13.2. The Morgan fingerprint density at radius 3 is 2.58 bits per heavy atom. The van der Waals surface area contributed by atoms with E-state index in [4.69, 9.17) is 12.2 Å². The molecular weight excluding hydrogens is 526 g/mol. The van der Waals surface area contributed by atoms with Crippen LogP contribution in [-0.4, -0.2) is 39.1 Å². The lowest BCUT2D eigenvalue weighted by Gasteiger charge is -2.32. The lowest BCUT2D eigenvalue weighted by Crippen LogP contribution is -2.40. The second-order valence-electron chi connectivity index (χ2n) is 9.48. The zero-order valence-electron chi connectivity index (χ0n) is 21.8. The minimum Gasteiger partial charge on any atom is -0.480 e. The number of benzene rings is 3. The van der Waals surface area contributed by atoms with Gasteiger partial charge in [-0.3, -0.25) is 4.79 Å². The number of H-pyrrole nitrogens is 1. The summed E-state index contributed by atoms with van der Waals surface area (Å²) in [6.07, 6.45) is 3.69. The van der Waals surface area contributed by atoms with E-state index >= 15 is 0 Å². The molecule has 0 fully saturated rings. The molecule has 9 nitrogen and oxygen atoms in total. The molecular formula is C30H28N5O4S+. The van der Waals surface area contributed by atoms with E-state index in [1.54, 1.807) is 41.4 Å². The van der Waals surface area contributed by atoms with Crippen LogP contribution in [0, 0.1) is 11.7 Å². The number of aromatic nitrogens is 3. The summed E-state index contributed by atoms with van der Waals surface area (Å²) in [6, 6.07) is 23.2. The maximum Gasteiger partial charge on any atom is 0.328 e. The zero-order chi connectivity index (χ0) is 28.2. The number of nitrogens with zero attached hydrogens (tertiary/aromatic N) is 3. The number of aldehydes is 1. The number of nitrogens with one attached hydrogen (secondary N) is 2. The number of aromatic amines is 1. The molecule has 0 spiro atoms. The lowest BCUT2D eigenvalue weighted by atomic mass is 9.97. The highest BCUT2D eigenvalue weighted by molar-refractivity contribution is 7.71. The molecule has 0 aliphatic carbocycles. The Bertz CT molecular complexity index is 1670. The molecule has 1 amide bonds. The van der Waals surface area contributed by atoms with Crippen molar-refractivity contribution in [3.05, 3.63) is 107 Å². The molecule has 1 atom stereocenters. The van der Waals surface area contributed by atoms with Crippen molar-refractivity contribution in [2.24, 2.45) is 0 Å². The molecule has 3 aromatic carbocycles. The summed E-state index contributed by atoms with van der Waals surface area (Å²) < 4.78 is 4.30. The van der Waals surface area contributed by atoms with E-state index in [0.29, 0.717) is 34.6 Å². The molecule has 0 saturated carbocycles. The monoisotopic (exact) mass is 554 g/mol. The summed E-state index contributed by atoms with van der Waals surface area (Å²) in [5.41, 5.74) is 4.10. The van der Waals surface area contributed by atoms with Crippen LogP contribution in [0.1, 0.15) is 35.4 Å². The van der Waals surface area contributed by atoms with Gasteiger partial charge in [0, 0.05) is 42.5 Å². The summed E-state index contributed by atoms with van der Waals surface area (Å²) in [6.45, 7) is 1.95. The average Bonchev–Trinajstić information content (AvgIpc) is 3.27. The Hall–Kier alpha value is -4.83. The van der Waals surface area contributed by atoms with Crippen LogP contribution in [0.3, 0.4) is 0 Å². The van der Waals surface area contributed by atoms with E-state index in [1.807, 2.05) is 64.7 Å². The smallest absolute Gasteiger partial charge is 0.328 e. The van der Waals surface area contributed by atoms with E-state index in [2.05, 4.69) is 10.4 Å². The molecule has 2 heterocycles. The summed E-state index contributed by atoms with van der Waals surface area (Å²) >= 11 is 5.61. The fourth-order valence-corrected chi connectivity index (χ4v) is 5.24. The zero-order valence-corrected chi connectivity index (χ0v) is 22.6. The van der Waals surface area contributed by atoms with E-state index in [0.717, 1.165) is 29.1 Å². The Balaban J connectivity index is 1.40. The van der Waals surface area contributed by atoms with Gasteiger partial charge in [0.05, 0.1) is 0 Å². The van der Waals surface area contributed by atoms with Gasteiger partial charge in [-0.1, -0.05) is 30.3 Å². The molecule has 4 aromatic rings. The highest BCUT2D eigenvalue weighted by Gasteiger charge is 2.29. The predicted molar refractivity (Wildman–Crippen MR) is 154 cm³/mol. The number of para-hydroxylation sites is 1. The number of allylic oxidation sites excluding steroid dienone is 1. The molecule has 3 N–H and O–H groups in total. The second kappa shape index (κ2) is 11.5. The van der Waals surface area contributed by atoms with Crippen LogP contribution in [0.2, 0.25) is 0 Å². The van der Waals surface area contributed by atoms with Gasteiger partial charge in [0.1, 0.15) is 23.7 Å². The number of carbonyl (C=O) groups is 3. The normalized spacial score (nSPS) is 14.9. The van der Waals surface area contributed by atoms with Crippen molar-refractivity contribution in [2.75, 3.05) is 10.2 Å². The third kappa shape index (κ3) is 5.48. The summed E-state index contributed by atoms with van der Waals surface area (Å²) in [5, 5.41) is 15.9. The van der Waals surface area contributed by atoms with E-state index in [1.165, 1.54) is 0 Å². The number of carboxylic acids is 1. The number of anilines is 2. The number of rotatable bonds is 8. The Morgan fingerprint density at radius 2 is 1.82 bits per heavy atom. The standard InChI is InChI=1S/C30H27N5O4S/c1-20-34(30(40)32-35(20)24-9-3-2-4-10-24)26-12-6-8-23(18-26)31-28(37)22-7-5-11-25(17-22)33-19-21(15-16-36)13-14-27(33)29(38)39/h2-12,16-19,27H,13-15H2,1H3,(H2-,31,32,37,38,39,40)/p+1. The fraction of sp³-hybridized carbons (Fsp3) is 0.167. The maximum absolute atomic E-state index is 13.3. The fourth-order valence-electron chi connectivity index (χ4n) is 4.91. The van der Waals surface area contributed by atoms with Crippen molar-refractivity contribution in [3.8, 4) is 11.4 Å². The molecule has 202 valence electrons. The first-order chi connectivity index (χ1) is 19.4. The Labute approximate surface area is 236 Å². The van der Waals surface area contributed by atoms with E-state index in [-0.39, 0.29) is 12.3 Å². The molecule has 1 aliphatic heterocycles. The van der Waals surface area contributed by atoms with Gasteiger partial charge in [-0.05, 0) is 73.1 Å². The Morgan fingerprint density at radius 1 is 1.07 bits per heavy atom. The molecule has 0 radical (unpaired) electrons. The van der Waals surface area contributed by atoms with Gasteiger partial charge in [0.25, 0.3) is 5.91 Å². The number of carboxylic acid groups (broad SMARTS) is 1. The highest BCUT2D eigenvalue weighted by Crippen LogP contribution is 2.29. The molecule has 1 unspecified atom stereocenters. The minimum atomic E-state index is -0.958. The van der Waals surface area contributed by atoms with Gasteiger partial charge >= 0.3 is 10.7 Å². The number of hydrogen-bond donors (Lipinski definition) is 3. The number of amides is 1. The van der Waals surface area contributed by atoms with Crippen molar-refractivity contribution in [2.45, 2.75) is 32.2 Å². The van der Waals surface area contributed by atoms with Crippen LogP contribution in [-0.2, 0) is 9.59 Å². The van der Waals surface area contributed by atoms with Gasteiger partial charge < -0.3 is 20.1 Å². The van der Waals surface area contributed by atoms with Gasteiger partial charge in [-0.15, -0.1) is 9.78 Å². The summed E-state index contributed by atoms with van der Waals surface area (Å²) in [4.78, 5) is 37.8. The highest BCUT2D eigenvalue weighted by atomic mass is 32.1. The molecule has 5 rings (SSSR count). The van der Waals surface area contributed by atoms with Crippen LogP contribution in [0.5, 0.6) is 0 Å². The first kappa shape index (κ1) is 26.8. The van der Waals surface area contributed by atoms with Crippen LogP contribution >= 0.6 is 12.2 Å². The first-order valence-electron chi connectivity index (χ1n) is 12.8. The second-order valence-corrected chi connectivity index (χ2v) is 9.87. The number of carbonyl (C=O) groups excluding carboxylic acids is 2. The van der Waals surface area contributed by atoms with Gasteiger partial charge in [0.15, 0.2) is 0 Å². The molecule has 1 aromatic heterocycles. The van der Waals surface area contributed by atoms with Crippen molar-refractivity contribution < 1.29 is 24.1 Å². The summed E-state index contributed by atoms with van der Waals surface area (Å²) in [5.74, 6) is -0.432. The van der Waals surface area contributed by atoms with Crippen molar-refractivity contribution in [1.82, 2.24) is 9.78 Å². The number of hydrogen-bond acceptors (Lipinski definition) is 5. The average molecular weight is 555 g/mol. The molecule has 1 aliphatic rings. The van der Waals surface area contributed by atoms with E-state index in [9.17, 15) is 19.5 Å². The minimum absolute atomic E-state index is 0.245. The van der Waals surface area contributed by atoms with Crippen LogP contribution in [0.4, 0.5) is 11.4 Å². The quantitative estimate of drug-likeness (QED) is 0.162. The molecule has 10 heteroatoms.